The fourth-order valence-corrected chi connectivity index (χ4v) is 0.828. The van der Waals surface area contributed by atoms with Crippen molar-refractivity contribution in [3.05, 3.63) is 0 Å². The third-order valence-electron chi connectivity index (χ3n) is 1.58. The Morgan fingerprint density at radius 3 is 2.00 bits per heavy atom. The lowest BCUT2D eigenvalue weighted by atomic mass is 10.6. The molecule has 0 aliphatic carbocycles. The second-order valence-corrected chi connectivity index (χ2v) is 2.99. The fourth-order valence-electron chi connectivity index (χ4n) is 0.828. The lowest BCUT2D eigenvalue weighted by Gasteiger charge is -2.06. The average molecular weight is 266 g/mol. The molecule has 0 aliphatic heterocycles. The topological polar surface area (TPSA) is 112 Å². The lowest BCUT2D eigenvalue weighted by Crippen LogP contribution is -2.20. The number of hydrogen-bond acceptors (Lipinski definition) is 8. The Kier molecular flexibility index (Phi) is 11.4. The summed E-state index contributed by atoms with van der Waals surface area (Å²) in [6.45, 7) is -0.167. The molecule has 0 unspecified atom stereocenters. The van der Waals surface area contributed by atoms with Crippen molar-refractivity contribution in [3.63, 3.8) is 0 Å². The molecule has 18 heavy (non-hydrogen) atoms. The van der Waals surface area contributed by atoms with Crippen molar-refractivity contribution in [1.29, 1.82) is 0 Å². The van der Waals surface area contributed by atoms with Gasteiger partial charge in [-0.05, 0) is 0 Å². The van der Waals surface area contributed by atoms with E-state index in [-0.39, 0.29) is 26.4 Å². The third kappa shape index (κ3) is 11.3. The number of aliphatic hydroxyl groups excluding tert-OH is 2. The monoisotopic (exact) mass is 266 g/mol. The van der Waals surface area contributed by atoms with E-state index in [1.54, 1.807) is 0 Å². The molecule has 0 radical (unpaired) electrons. The molecule has 0 rings (SSSR count). The summed E-state index contributed by atoms with van der Waals surface area (Å²) in [5.74, 6) is -1.60. The highest BCUT2D eigenvalue weighted by molar-refractivity contribution is 5.76. The Bertz CT molecular complexity index is 230. The second kappa shape index (κ2) is 12.2. The van der Waals surface area contributed by atoms with Gasteiger partial charge in [-0.1, -0.05) is 0 Å². The molecule has 0 fully saturated rings. The Labute approximate surface area is 104 Å². The molecule has 8 nitrogen and oxygen atoms in total. The van der Waals surface area contributed by atoms with Crippen LogP contribution in [0.15, 0.2) is 0 Å². The van der Waals surface area contributed by atoms with E-state index >= 15 is 0 Å². The maximum absolute atomic E-state index is 10.9. The van der Waals surface area contributed by atoms with Gasteiger partial charge in [0.2, 0.25) is 0 Å². The first-order valence-corrected chi connectivity index (χ1v) is 5.39. The molecule has 0 bridgehead atoms. The van der Waals surface area contributed by atoms with Crippen molar-refractivity contribution in [1.82, 2.24) is 0 Å². The van der Waals surface area contributed by atoms with Crippen molar-refractivity contribution in [2.45, 2.75) is 0 Å². The zero-order valence-corrected chi connectivity index (χ0v) is 10.0. The van der Waals surface area contributed by atoms with E-state index in [1.165, 1.54) is 0 Å². The highest BCUT2D eigenvalue weighted by Gasteiger charge is 2.06. The van der Waals surface area contributed by atoms with Gasteiger partial charge in [-0.2, -0.15) is 0 Å². The molecule has 0 aliphatic rings. The summed E-state index contributed by atoms with van der Waals surface area (Å²) in [7, 11) is 0. The molecule has 2 N–H and O–H groups in total. The number of carbonyl (C=O) groups is 2. The van der Waals surface area contributed by atoms with Crippen LogP contribution >= 0.6 is 0 Å². The smallest absolute Gasteiger partial charge is 0.344 e. The van der Waals surface area contributed by atoms with Crippen LogP contribution in [0.1, 0.15) is 0 Å². The third-order valence-corrected chi connectivity index (χ3v) is 1.58. The van der Waals surface area contributed by atoms with Crippen LogP contribution in [0.2, 0.25) is 0 Å². The van der Waals surface area contributed by atoms with E-state index in [1.807, 2.05) is 0 Å². The number of rotatable bonds is 11. The first kappa shape index (κ1) is 16.8. The van der Waals surface area contributed by atoms with Gasteiger partial charge in [0.05, 0.1) is 33.0 Å². The molecule has 0 saturated heterocycles. The summed E-state index contributed by atoms with van der Waals surface area (Å²) < 4.78 is 19.0. The minimum Gasteiger partial charge on any atom is -0.461 e. The van der Waals surface area contributed by atoms with Gasteiger partial charge in [0.25, 0.3) is 0 Å². The summed E-state index contributed by atoms with van der Waals surface area (Å²) in [5.41, 5.74) is 0. The summed E-state index contributed by atoms with van der Waals surface area (Å²) in [5, 5.41) is 16.7. The number of hydrogen-bond donors (Lipinski definition) is 2. The zero-order valence-electron chi connectivity index (χ0n) is 10.0. The molecule has 8 heteroatoms. The quantitative estimate of drug-likeness (QED) is 0.329. The van der Waals surface area contributed by atoms with Crippen molar-refractivity contribution < 1.29 is 38.7 Å². The largest absolute Gasteiger partial charge is 0.461 e. The predicted octanol–water partition coefficient (Wildman–Crippen LogP) is -1.91. The van der Waals surface area contributed by atoms with Crippen LogP contribution in [0.4, 0.5) is 0 Å². The van der Waals surface area contributed by atoms with Crippen LogP contribution in [0.25, 0.3) is 0 Å². The van der Waals surface area contributed by atoms with Crippen molar-refractivity contribution in [2.75, 3.05) is 52.9 Å². The Balaban J connectivity index is 3.22. The van der Waals surface area contributed by atoms with E-state index in [0.717, 1.165) is 0 Å². The Morgan fingerprint density at radius 1 is 0.778 bits per heavy atom. The van der Waals surface area contributed by atoms with Crippen LogP contribution in [0.5, 0.6) is 0 Å². The minimum absolute atomic E-state index is 0.0372. The number of aliphatic hydroxyl groups is 2. The first-order chi connectivity index (χ1) is 8.70. The molecule has 0 saturated carbocycles. The summed E-state index contributed by atoms with van der Waals surface area (Å²) in [4.78, 5) is 21.4. The van der Waals surface area contributed by atoms with E-state index in [9.17, 15) is 9.59 Å². The Hall–Kier alpha value is -1.22. The molecule has 106 valence electrons. The lowest BCUT2D eigenvalue weighted by molar-refractivity contribution is -0.161. The van der Waals surface area contributed by atoms with E-state index in [4.69, 9.17) is 19.7 Å². The second-order valence-electron chi connectivity index (χ2n) is 2.99. The molecule has 0 aromatic carbocycles. The van der Waals surface area contributed by atoms with Crippen LogP contribution < -0.4 is 0 Å². The molecule has 0 atom stereocenters. The van der Waals surface area contributed by atoms with Gasteiger partial charge < -0.3 is 29.2 Å². The molecular formula is C10H18O8. The van der Waals surface area contributed by atoms with Gasteiger partial charge in [0, 0.05) is 0 Å². The standard InChI is InChI=1S/C10H18O8/c11-1-2-15-3-4-16-5-6-17-10(14)8-18-9(13)7-12/h11-12H,1-8H2. The Morgan fingerprint density at radius 2 is 1.39 bits per heavy atom. The SMILES string of the molecule is O=C(CO)OCC(=O)OCCOCCOCCO. The number of esters is 2. The highest BCUT2D eigenvalue weighted by atomic mass is 16.6. The maximum atomic E-state index is 10.9. The number of carbonyl (C=O) groups excluding carboxylic acids is 2. The van der Waals surface area contributed by atoms with Crippen molar-refractivity contribution in [2.24, 2.45) is 0 Å². The first-order valence-electron chi connectivity index (χ1n) is 5.39. The van der Waals surface area contributed by atoms with Gasteiger partial charge in [-0.3, -0.25) is 0 Å². The van der Waals surface area contributed by atoms with Crippen molar-refractivity contribution >= 4 is 11.9 Å². The van der Waals surface area contributed by atoms with Gasteiger partial charge >= 0.3 is 11.9 Å². The van der Waals surface area contributed by atoms with Gasteiger partial charge in [0.15, 0.2) is 6.61 Å². The van der Waals surface area contributed by atoms with Crippen LogP contribution in [-0.2, 0) is 28.5 Å². The molecule has 0 heterocycles. The summed E-state index contributed by atoms with van der Waals surface area (Å²) in [6, 6.07) is 0. The van der Waals surface area contributed by atoms with Gasteiger partial charge in [-0.25, -0.2) is 9.59 Å². The fraction of sp³-hybridized carbons (Fsp3) is 0.800. The van der Waals surface area contributed by atoms with Crippen LogP contribution in [0.3, 0.4) is 0 Å². The molecule has 0 aromatic rings. The predicted molar refractivity (Wildman–Crippen MR) is 57.7 cm³/mol. The molecule has 0 spiro atoms. The van der Waals surface area contributed by atoms with Gasteiger partial charge in [0.1, 0.15) is 13.2 Å². The van der Waals surface area contributed by atoms with E-state index in [2.05, 4.69) is 9.47 Å². The summed E-state index contributed by atoms with van der Waals surface area (Å²) >= 11 is 0. The summed E-state index contributed by atoms with van der Waals surface area (Å²) in [6.07, 6.45) is 0. The number of ether oxygens (including phenoxy) is 4. The molecular weight excluding hydrogens is 248 g/mol. The maximum Gasteiger partial charge on any atom is 0.344 e. The average Bonchev–Trinajstić information content (AvgIpc) is 2.39. The van der Waals surface area contributed by atoms with E-state index < -0.39 is 25.2 Å². The normalized spacial score (nSPS) is 10.1. The van der Waals surface area contributed by atoms with Crippen LogP contribution in [-0.4, -0.2) is 75.0 Å². The zero-order chi connectivity index (χ0) is 13.6. The van der Waals surface area contributed by atoms with Crippen LogP contribution in [0, 0.1) is 0 Å². The van der Waals surface area contributed by atoms with Gasteiger partial charge in [-0.15, -0.1) is 0 Å². The molecule has 0 amide bonds. The minimum atomic E-state index is -0.885. The van der Waals surface area contributed by atoms with Crippen molar-refractivity contribution in [3.8, 4) is 0 Å². The highest BCUT2D eigenvalue weighted by Crippen LogP contribution is 1.85. The molecule has 0 aromatic heterocycles. The van der Waals surface area contributed by atoms with E-state index in [0.29, 0.717) is 13.2 Å².